The fourth-order valence-electron chi connectivity index (χ4n) is 1.04. The van der Waals surface area contributed by atoms with Gasteiger partial charge in [0.05, 0.1) is 18.8 Å². The first kappa shape index (κ1) is 10.9. The summed E-state index contributed by atoms with van der Waals surface area (Å²) in [5.41, 5.74) is 6.60. The molecular formula is C11H15NO2. The molecule has 0 saturated heterocycles. The van der Waals surface area contributed by atoms with Gasteiger partial charge in [-0.15, -0.1) is 0 Å². The molecule has 0 aromatic heterocycles. The van der Waals surface area contributed by atoms with Crippen LogP contribution in [-0.2, 0) is 0 Å². The van der Waals surface area contributed by atoms with Crippen molar-refractivity contribution in [1.82, 2.24) is 0 Å². The molecule has 76 valence electrons. The maximum atomic E-state index is 9.18. The van der Waals surface area contributed by atoms with Gasteiger partial charge in [-0.2, -0.15) is 0 Å². The van der Waals surface area contributed by atoms with E-state index in [0.29, 0.717) is 0 Å². The molecule has 0 radical (unpaired) electrons. The molecule has 0 aliphatic carbocycles. The summed E-state index contributed by atoms with van der Waals surface area (Å²) in [6.07, 6.45) is 2.61. The first-order valence-electron chi connectivity index (χ1n) is 4.52. The number of rotatable bonds is 4. The quantitative estimate of drug-likeness (QED) is 0.647. The van der Waals surface area contributed by atoms with Crippen molar-refractivity contribution in [3.8, 4) is 0 Å². The van der Waals surface area contributed by atoms with Gasteiger partial charge >= 0.3 is 0 Å². The predicted molar refractivity (Wildman–Crippen MR) is 56.5 cm³/mol. The molecule has 1 aromatic carbocycles. The summed E-state index contributed by atoms with van der Waals surface area (Å²) in [6.45, 7) is -0.319. The first-order chi connectivity index (χ1) is 6.74. The third-order valence-electron chi connectivity index (χ3n) is 1.94. The van der Waals surface area contributed by atoms with Crippen molar-refractivity contribution < 1.29 is 10.2 Å². The van der Waals surface area contributed by atoms with Crippen LogP contribution in [0.25, 0.3) is 6.08 Å². The summed E-state index contributed by atoms with van der Waals surface area (Å²) in [6, 6.07) is 9.13. The molecule has 0 amide bonds. The Morgan fingerprint density at radius 1 is 1.29 bits per heavy atom. The molecule has 0 bridgehead atoms. The van der Waals surface area contributed by atoms with Crippen molar-refractivity contribution in [3.63, 3.8) is 0 Å². The van der Waals surface area contributed by atoms with E-state index in [4.69, 9.17) is 10.8 Å². The molecule has 0 unspecified atom stereocenters. The smallest absolute Gasteiger partial charge is 0.0957 e. The second kappa shape index (κ2) is 5.54. The van der Waals surface area contributed by atoms with Crippen LogP contribution in [0.15, 0.2) is 36.4 Å². The lowest BCUT2D eigenvalue weighted by Gasteiger charge is -2.11. The van der Waals surface area contributed by atoms with Crippen molar-refractivity contribution in [2.45, 2.75) is 12.1 Å². The van der Waals surface area contributed by atoms with E-state index in [1.807, 2.05) is 36.4 Å². The van der Waals surface area contributed by atoms with Crippen molar-refractivity contribution in [2.24, 2.45) is 5.73 Å². The predicted octanol–water partition coefficient (Wildman–Crippen LogP) is 0.380. The summed E-state index contributed by atoms with van der Waals surface area (Å²) < 4.78 is 0. The fraction of sp³-hybridized carbons (Fsp3) is 0.273. The molecule has 2 atom stereocenters. The Morgan fingerprint density at radius 2 is 1.93 bits per heavy atom. The van der Waals surface area contributed by atoms with Gasteiger partial charge in [0.25, 0.3) is 0 Å². The monoisotopic (exact) mass is 193 g/mol. The molecule has 3 heteroatoms. The van der Waals surface area contributed by atoms with Gasteiger partial charge < -0.3 is 15.9 Å². The highest BCUT2D eigenvalue weighted by atomic mass is 16.3. The van der Waals surface area contributed by atoms with E-state index in [2.05, 4.69) is 0 Å². The van der Waals surface area contributed by atoms with Crippen LogP contribution in [0.1, 0.15) is 5.56 Å². The normalized spacial score (nSPS) is 15.6. The van der Waals surface area contributed by atoms with Crippen LogP contribution in [0.2, 0.25) is 0 Å². The lowest BCUT2D eigenvalue weighted by molar-refractivity contribution is 0.0857. The second-order valence-electron chi connectivity index (χ2n) is 3.10. The van der Waals surface area contributed by atoms with Gasteiger partial charge in [-0.1, -0.05) is 42.5 Å². The van der Waals surface area contributed by atoms with Gasteiger partial charge in [0, 0.05) is 0 Å². The van der Waals surface area contributed by atoms with Gasteiger partial charge in [0.1, 0.15) is 0 Å². The van der Waals surface area contributed by atoms with E-state index in [1.54, 1.807) is 6.08 Å². The van der Waals surface area contributed by atoms with Crippen molar-refractivity contribution in [1.29, 1.82) is 0 Å². The number of hydrogen-bond acceptors (Lipinski definition) is 3. The number of nitrogens with two attached hydrogens (primary N) is 1. The summed E-state index contributed by atoms with van der Waals surface area (Å²) in [7, 11) is 0. The van der Waals surface area contributed by atoms with Crippen LogP contribution < -0.4 is 5.73 Å². The number of aliphatic hydroxyl groups is 2. The number of hydrogen-bond donors (Lipinski definition) is 3. The van der Waals surface area contributed by atoms with E-state index in [1.165, 1.54) is 0 Å². The largest absolute Gasteiger partial charge is 0.394 e. The van der Waals surface area contributed by atoms with Crippen LogP contribution in [0.3, 0.4) is 0 Å². The zero-order valence-electron chi connectivity index (χ0n) is 7.88. The molecule has 0 aliphatic rings. The molecule has 0 spiro atoms. The Bertz CT molecular complexity index is 285. The molecule has 3 nitrogen and oxygen atoms in total. The summed E-state index contributed by atoms with van der Waals surface area (Å²) >= 11 is 0. The molecular weight excluding hydrogens is 178 g/mol. The Morgan fingerprint density at radius 3 is 2.50 bits per heavy atom. The van der Waals surface area contributed by atoms with Gasteiger partial charge in [-0.3, -0.25) is 0 Å². The van der Waals surface area contributed by atoms with Gasteiger partial charge in [-0.05, 0) is 5.56 Å². The van der Waals surface area contributed by atoms with E-state index in [9.17, 15) is 5.11 Å². The van der Waals surface area contributed by atoms with Gasteiger partial charge in [-0.25, -0.2) is 0 Å². The third kappa shape index (κ3) is 3.30. The average Bonchev–Trinajstić information content (AvgIpc) is 2.26. The highest BCUT2D eigenvalue weighted by Crippen LogP contribution is 2.02. The zero-order valence-corrected chi connectivity index (χ0v) is 7.88. The van der Waals surface area contributed by atoms with Crippen molar-refractivity contribution >= 4 is 6.08 Å². The van der Waals surface area contributed by atoms with Crippen LogP contribution in [-0.4, -0.2) is 29.0 Å². The molecule has 1 aromatic rings. The lowest BCUT2D eigenvalue weighted by atomic mass is 10.1. The third-order valence-corrected chi connectivity index (χ3v) is 1.94. The number of benzene rings is 1. The summed E-state index contributed by atoms with van der Waals surface area (Å²) in [5, 5.41) is 17.8. The molecule has 0 saturated carbocycles. The molecule has 0 aliphatic heterocycles. The zero-order chi connectivity index (χ0) is 10.4. The second-order valence-corrected chi connectivity index (χ2v) is 3.10. The average molecular weight is 193 g/mol. The standard InChI is InChI=1S/C11H15NO2/c12-10(11(14)8-13)7-6-9-4-2-1-3-5-9/h1-7,10-11,13-14H,8,12H2/b7-6+/t10-,11+/m0/s1. The Balaban J connectivity index is 2.56. The Kier molecular flexibility index (Phi) is 4.32. The number of aliphatic hydroxyl groups excluding tert-OH is 2. The van der Waals surface area contributed by atoms with Crippen LogP contribution >= 0.6 is 0 Å². The fourth-order valence-corrected chi connectivity index (χ4v) is 1.04. The Labute approximate surface area is 83.5 Å². The molecule has 4 N–H and O–H groups in total. The highest BCUT2D eigenvalue weighted by molar-refractivity contribution is 5.49. The van der Waals surface area contributed by atoms with E-state index >= 15 is 0 Å². The molecule has 1 rings (SSSR count). The summed E-state index contributed by atoms with van der Waals surface area (Å²) in [4.78, 5) is 0. The van der Waals surface area contributed by atoms with E-state index in [0.717, 1.165) is 5.56 Å². The Hall–Kier alpha value is -1.16. The molecule has 14 heavy (non-hydrogen) atoms. The maximum Gasteiger partial charge on any atom is 0.0957 e. The molecule has 0 heterocycles. The van der Waals surface area contributed by atoms with Crippen LogP contribution in [0.5, 0.6) is 0 Å². The lowest BCUT2D eigenvalue weighted by Crippen LogP contribution is -2.35. The maximum absolute atomic E-state index is 9.18. The molecule has 0 fully saturated rings. The van der Waals surface area contributed by atoms with Crippen LogP contribution in [0.4, 0.5) is 0 Å². The SMILES string of the molecule is N[C@@H](/C=C/c1ccccc1)[C@H](O)CO. The van der Waals surface area contributed by atoms with Gasteiger partial charge in [0.15, 0.2) is 0 Å². The van der Waals surface area contributed by atoms with E-state index < -0.39 is 12.1 Å². The topological polar surface area (TPSA) is 66.5 Å². The minimum absolute atomic E-state index is 0.319. The van der Waals surface area contributed by atoms with Crippen molar-refractivity contribution in [3.05, 3.63) is 42.0 Å². The minimum atomic E-state index is -0.894. The van der Waals surface area contributed by atoms with Gasteiger partial charge in [0.2, 0.25) is 0 Å². The van der Waals surface area contributed by atoms with Crippen LogP contribution in [0, 0.1) is 0 Å². The van der Waals surface area contributed by atoms with E-state index in [-0.39, 0.29) is 6.61 Å². The minimum Gasteiger partial charge on any atom is -0.394 e. The highest BCUT2D eigenvalue weighted by Gasteiger charge is 2.08. The first-order valence-corrected chi connectivity index (χ1v) is 4.52. The van der Waals surface area contributed by atoms with Crippen molar-refractivity contribution in [2.75, 3.05) is 6.61 Å². The summed E-state index contributed by atoms with van der Waals surface area (Å²) in [5.74, 6) is 0.